The Bertz CT molecular complexity index is 717. The van der Waals surface area contributed by atoms with Gasteiger partial charge in [0.25, 0.3) is 0 Å². The summed E-state index contributed by atoms with van der Waals surface area (Å²) >= 11 is 0. The van der Waals surface area contributed by atoms with E-state index in [9.17, 15) is 18.8 Å². The van der Waals surface area contributed by atoms with E-state index >= 15 is 0 Å². The molecule has 1 fully saturated rings. The number of hydrogen-bond acceptors (Lipinski definition) is 4. The summed E-state index contributed by atoms with van der Waals surface area (Å²) in [5, 5.41) is 2.58. The van der Waals surface area contributed by atoms with Crippen LogP contribution in [0.15, 0.2) is 24.3 Å². The van der Waals surface area contributed by atoms with Crippen LogP contribution in [0.2, 0.25) is 0 Å². The molecule has 0 aromatic heterocycles. The van der Waals surface area contributed by atoms with Crippen molar-refractivity contribution in [2.45, 2.75) is 32.7 Å². The standard InChI is InChI=1S/C20H29FN4O3.ClH/c1-14(2)19(22)20(28)23-13-18(27)25-8-4-7-24(9-10-25)17(26)12-15-5-3-6-16(21)11-15;/h3,5-6,11,14,19H,4,7-10,12-13,22H2,1-2H3,(H,23,28);1H/t19-;/m0./s1. The van der Waals surface area contributed by atoms with Crippen LogP contribution >= 0.6 is 12.4 Å². The molecule has 3 amide bonds. The lowest BCUT2D eigenvalue weighted by atomic mass is 10.1. The first kappa shape index (κ1) is 24.8. The van der Waals surface area contributed by atoms with Crippen molar-refractivity contribution in [3.63, 3.8) is 0 Å². The van der Waals surface area contributed by atoms with Gasteiger partial charge in [0.2, 0.25) is 17.7 Å². The van der Waals surface area contributed by atoms with E-state index in [1.165, 1.54) is 12.1 Å². The smallest absolute Gasteiger partial charge is 0.242 e. The molecule has 1 aromatic carbocycles. The molecular formula is C20H30ClFN4O3. The van der Waals surface area contributed by atoms with Crippen LogP contribution in [0.5, 0.6) is 0 Å². The highest BCUT2D eigenvalue weighted by Gasteiger charge is 2.23. The largest absolute Gasteiger partial charge is 0.346 e. The minimum atomic E-state index is -0.645. The minimum absolute atomic E-state index is 0. The Balaban J connectivity index is 0.00000420. The lowest BCUT2D eigenvalue weighted by molar-refractivity contribution is -0.134. The fourth-order valence-electron chi connectivity index (χ4n) is 3.04. The van der Waals surface area contributed by atoms with Crippen molar-refractivity contribution in [2.75, 3.05) is 32.7 Å². The van der Waals surface area contributed by atoms with Gasteiger partial charge in [-0.25, -0.2) is 4.39 Å². The molecule has 1 aromatic rings. The lowest BCUT2D eigenvalue weighted by Gasteiger charge is -2.23. The average molecular weight is 429 g/mol. The zero-order valence-electron chi connectivity index (χ0n) is 16.9. The molecule has 0 bridgehead atoms. The maximum absolute atomic E-state index is 13.3. The van der Waals surface area contributed by atoms with Crippen molar-refractivity contribution in [3.8, 4) is 0 Å². The lowest BCUT2D eigenvalue weighted by Crippen LogP contribution is -2.48. The number of carbonyl (C=O) groups is 3. The van der Waals surface area contributed by atoms with E-state index < -0.39 is 6.04 Å². The van der Waals surface area contributed by atoms with E-state index in [2.05, 4.69) is 5.32 Å². The van der Waals surface area contributed by atoms with E-state index in [0.29, 0.717) is 38.2 Å². The van der Waals surface area contributed by atoms with Gasteiger partial charge in [-0.3, -0.25) is 14.4 Å². The number of nitrogens with one attached hydrogen (secondary N) is 1. The summed E-state index contributed by atoms with van der Waals surface area (Å²) in [4.78, 5) is 40.1. The molecule has 3 N–H and O–H groups in total. The first-order valence-electron chi connectivity index (χ1n) is 9.61. The van der Waals surface area contributed by atoms with Crippen molar-refractivity contribution in [2.24, 2.45) is 11.7 Å². The second kappa shape index (κ2) is 11.7. The molecule has 1 saturated heterocycles. The Labute approximate surface area is 177 Å². The fraction of sp³-hybridized carbons (Fsp3) is 0.550. The van der Waals surface area contributed by atoms with Gasteiger partial charge in [-0.15, -0.1) is 12.4 Å². The summed E-state index contributed by atoms with van der Waals surface area (Å²) in [5.41, 5.74) is 6.40. The van der Waals surface area contributed by atoms with Gasteiger partial charge < -0.3 is 20.9 Å². The predicted octanol–water partition coefficient (Wildman–Crippen LogP) is 0.950. The predicted molar refractivity (Wildman–Crippen MR) is 111 cm³/mol. The maximum atomic E-state index is 13.3. The van der Waals surface area contributed by atoms with Crippen molar-refractivity contribution in [1.82, 2.24) is 15.1 Å². The summed E-state index contributed by atoms with van der Waals surface area (Å²) in [6.07, 6.45) is 0.787. The average Bonchev–Trinajstić information content (AvgIpc) is 2.91. The summed E-state index contributed by atoms with van der Waals surface area (Å²) in [6, 6.07) is 5.36. The summed E-state index contributed by atoms with van der Waals surface area (Å²) in [6.45, 7) is 5.47. The Morgan fingerprint density at radius 2 is 1.72 bits per heavy atom. The normalized spacial score (nSPS) is 15.3. The third kappa shape index (κ3) is 7.62. The molecule has 0 aliphatic carbocycles. The fourth-order valence-corrected chi connectivity index (χ4v) is 3.04. The first-order chi connectivity index (χ1) is 13.3. The van der Waals surface area contributed by atoms with Gasteiger partial charge in [0, 0.05) is 26.2 Å². The van der Waals surface area contributed by atoms with Crippen molar-refractivity contribution in [3.05, 3.63) is 35.6 Å². The summed E-state index contributed by atoms with van der Waals surface area (Å²) in [5.74, 6) is -0.993. The van der Waals surface area contributed by atoms with Gasteiger partial charge >= 0.3 is 0 Å². The van der Waals surface area contributed by atoms with Crippen LogP contribution in [0.3, 0.4) is 0 Å². The maximum Gasteiger partial charge on any atom is 0.242 e. The molecule has 2 rings (SSSR count). The summed E-state index contributed by atoms with van der Waals surface area (Å²) in [7, 11) is 0. The van der Waals surface area contributed by atoms with Gasteiger partial charge in [0.15, 0.2) is 0 Å². The van der Waals surface area contributed by atoms with Crippen molar-refractivity contribution >= 4 is 30.1 Å². The SMILES string of the molecule is CC(C)[C@H](N)C(=O)NCC(=O)N1CCCN(C(=O)Cc2cccc(F)c2)CC1.Cl. The second-order valence-electron chi connectivity index (χ2n) is 7.41. The monoisotopic (exact) mass is 428 g/mol. The number of nitrogens with two attached hydrogens (primary N) is 1. The van der Waals surface area contributed by atoms with Crippen LogP contribution in [0, 0.1) is 11.7 Å². The zero-order chi connectivity index (χ0) is 20.7. The van der Waals surface area contributed by atoms with Crippen molar-refractivity contribution < 1.29 is 18.8 Å². The van der Waals surface area contributed by atoms with E-state index in [4.69, 9.17) is 5.73 Å². The molecule has 0 spiro atoms. The molecular weight excluding hydrogens is 399 g/mol. The van der Waals surface area contributed by atoms with Gasteiger partial charge in [0.1, 0.15) is 5.82 Å². The molecule has 9 heteroatoms. The summed E-state index contributed by atoms with van der Waals surface area (Å²) < 4.78 is 13.3. The number of nitrogens with zero attached hydrogens (tertiary/aromatic N) is 2. The van der Waals surface area contributed by atoms with E-state index in [1.807, 2.05) is 13.8 Å². The molecule has 162 valence electrons. The number of hydrogen-bond donors (Lipinski definition) is 2. The van der Waals surface area contributed by atoms with E-state index in [0.717, 1.165) is 0 Å². The molecule has 0 unspecified atom stereocenters. The Morgan fingerprint density at radius 1 is 1.10 bits per heavy atom. The van der Waals surface area contributed by atoms with Crippen LogP contribution in [0.25, 0.3) is 0 Å². The Morgan fingerprint density at radius 3 is 2.31 bits per heavy atom. The molecule has 1 atom stereocenters. The Hall–Kier alpha value is -2.19. The van der Waals surface area contributed by atoms with Crippen molar-refractivity contribution in [1.29, 1.82) is 0 Å². The molecule has 1 heterocycles. The minimum Gasteiger partial charge on any atom is -0.346 e. The second-order valence-corrected chi connectivity index (χ2v) is 7.41. The topological polar surface area (TPSA) is 95.7 Å². The third-order valence-electron chi connectivity index (χ3n) is 4.88. The molecule has 1 aliphatic heterocycles. The third-order valence-corrected chi connectivity index (χ3v) is 4.88. The van der Waals surface area contributed by atoms with E-state index in [-0.39, 0.29) is 54.8 Å². The molecule has 1 aliphatic rings. The quantitative estimate of drug-likeness (QED) is 0.705. The molecule has 7 nitrogen and oxygen atoms in total. The van der Waals surface area contributed by atoms with Crippen LogP contribution in [-0.2, 0) is 20.8 Å². The van der Waals surface area contributed by atoms with Crippen LogP contribution in [0.4, 0.5) is 4.39 Å². The number of carbonyl (C=O) groups excluding carboxylic acids is 3. The number of halogens is 2. The van der Waals surface area contributed by atoms with Gasteiger partial charge in [0.05, 0.1) is 19.0 Å². The first-order valence-corrected chi connectivity index (χ1v) is 9.61. The van der Waals surface area contributed by atoms with Gasteiger partial charge in [-0.2, -0.15) is 0 Å². The van der Waals surface area contributed by atoms with Gasteiger partial charge in [-0.05, 0) is 30.0 Å². The molecule has 29 heavy (non-hydrogen) atoms. The highest BCUT2D eigenvalue weighted by Crippen LogP contribution is 2.09. The Kier molecular flexibility index (Phi) is 10.0. The van der Waals surface area contributed by atoms with Crippen LogP contribution < -0.4 is 11.1 Å². The molecule has 0 radical (unpaired) electrons. The van der Waals surface area contributed by atoms with Gasteiger partial charge in [-0.1, -0.05) is 26.0 Å². The zero-order valence-corrected chi connectivity index (χ0v) is 17.7. The van der Waals surface area contributed by atoms with Crippen LogP contribution in [-0.4, -0.2) is 66.3 Å². The molecule has 0 saturated carbocycles. The van der Waals surface area contributed by atoms with E-state index in [1.54, 1.807) is 21.9 Å². The van der Waals surface area contributed by atoms with Crippen LogP contribution in [0.1, 0.15) is 25.8 Å². The highest BCUT2D eigenvalue weighted by molar-refractivity contribution is 5.87. The number of rotatable bonds is 6. The number of amides is 3. The number of benzene rings is 1. The highest BCUT2D eigenvalue weighted by atomic mass is 35.5.